The molecule has 0 saturated carbocycles. The van der Waals surface area contributed by atoms with Crippen LogP contribution >= 0.6 is 11.8 Å². The highest BCUT2D eigenvalue weighted by Gasteiger charge is 2.29. The lowest BCUT2D eigenvalue weighted by Gasteiger charge is -2.08. The Hall–Kier alpha value is -1.82. The molecule has 5 nitrogen and oxygen atoms in total. The Bertz CT molecular complexity index is 629. The molecule has 0 bridgehead atoms. The van der Waals surface area contributed by atoms with Gasteiger partial charge in [-0.1, -0.05) is 35.5 Å². The van der Waals surface area contributed by atoms with Gasteiger partial charge in [0.15, 0.2) is 5.82 Å². The van der Waals surface area contributed by atoms with Crippen LogP contribution in [0.2, 0.25) is 0 Å². The van der Waals surface area contributed by atoms with Crippen molar-refractivity contribution in [2.24, 2.45) is 0 Å². The summed E-state index contributed by atoms with van der Waals surface area (Å²) < 4.78 is 5.27. The van der Waals surface area contributed by atoms with Gasteiger partial charge in [-0.05, 0) is 18.4 Å². The Balaban J connectivity index is 1.48. The topological polar surface area (TPSA) is 59.2 Å². The van der Waals surface area contributed by atoms with Crippen molar-refractivity contribution < 1.29 is 9.32 Å². The molecule has 0 aliphatic carbocycles. The van der Waals surface area contributed by atoms with Crippen LogP contribution in [0.5, 0.6) is 0 Å². The second kappa shape index (κ2) is 6.96. The van der Waals surface area contributed by atoms with E-state index < -0.39 is 0 Å². The first kappa shape index (κ1) is 15.1. The van der Waals surface area contributed by atoms with Gasteiger partial charge in [0.1, 0.15) is 0 Å². The van der Waals surface area contributed by atoms with Gasteiger partial charge in [-0.15, -0.1) is 11.8 Å². The normalized spacial score (nSPS) is 18.1. The monoisotopic (exact) mass is 317 g/mol. The Kier molecular flexibility index (Phi) is 4.77. The third-order valence-corrected chi connectivity index (χ3v) is 5.03. The number of likely N-dealkylation sites (tertiary alicyclic amines) is 1. The van der Waals surface area contributed by atoms with Crippen LogP contribution in [0, 0.1) is 0 Å². The van der Waals surface area contributed by atoms with Crippen molar-refractivity contribution in [3.63, 3.8) is 0 Å². The molecule has 22 heavy (non-hydrogen) atoms. The molecule has 0 N–H and O–H groups in total. The van der Waals surface area contributed by atoms with E-state index in [-0.39, 0.29) is 11.2 Å². The SMILES string of the molecule is CN1CC[C@@H](SCc2nc(CCc3ccccc3)no2)C1=O. The molecule has 0 unspecified atom stereocenters. The summed E-state index contributed by atoms with van der Waals surface area (Å²) in [5.74, 6) is 2.14. The second-order valence-electron chi connectivity index (χ2n) is 5.44. The predicted octanol–water partition coefficient (Wildman–Crippen LogP) is 2.32. The summed E-state index contributed by atoms with van der Waals surface area (Å²) in [7, 11) is 1.84. The highest BCUT2D eigenvalue weighted by Crippen LogP contribution is 2.25. The minimum Gasteiger partial charge on any atom is -0.345 e. The van der Waals surface area contributed by atoms with E-state index in [4.69, 9.17) is 4.52 Å². The van der Waals surface area contributed by atoms with Crippen LogP contribution in [0.15, 0.2) is 34.9 Å². The average molecular weight is 317 g/mol. The highest BCUT2D eigenvalue weighted by atomic mass is 32.2. The number of thioether (sulfide) groups is 1. The minimum absolute atomic E-state index is 0.0321. The molecule has 2 heterocycles. The molecule has 1 saturated heterocycles. The number of hydrogen-bond acceptors (Lipinski definition) is 5. The van der Waals surface area contributed by atoms with Crippen LogP contribution in [0.25, 0.3) is 0 Å². The maximum atomic E-state index is 11.8. The number of aromatic nitrogens is 2. The van der Waals surface area contributed by atoms with Crippen molar-refractivity contribution in [3.05, 3.63) is 47.6 Å². The lowest BCUT2D eigenvalue weighted by atomic mass is 10.1. The fourth-order valence-electron chi connectivity index (χ4n) is 2.47. The lowest BCUT2D eigenvalue weighted by molar-refractivity contribution is -0.126. The van der Waals surface area contributed by atoms with Crippen molar-refractivity contribution in [2.45, 2.75) is 30.3 Å². The number of carbonyl (C=O) groups excluding carboxylic acids is 1. The number of rotatable bonds is 6. The first-order valence-corrected chi connectivity index (χ1v) is 8.49. The van der Waals surface area contributed by atoms with E-state index in [1.54, 1.807) is 16.7 Å². The van der Waals surface area contributed by atoms with Gasteiger partial charge in [-0.3, -0.25) is 4.79 Å². The van der Waals surface area contributed by atoms with Gasteiger partial charge in [0.2, 0.25) is 11.8 Å². The molecule has 1 aliphatic heterocycles. The first-order chi connectivity index (χ1) is 10.7. The van der Waals surface area contributed by atoms with Gasteiger partial charge in [0.05, 0.1) is 11.0 Å². The molecule has 0 spiro atoms. The van der Waals surface area contributed by atoms with Crippen LogP contribution < -0.4 is 0 Å². The van der Waals surface area contributed by atoms with Crippen molar-refractivity contribution in [1.82, 2.24) is 15.0 Å². The molecule has 1 fully saturated rings. The van der Waals surface area contributed by atoms with Gasteiger partial charge >= 0.3 is 0 Å². The molecule has 1 atom stereocenters. The van der Waals surface area contributed by atoms with Gasteiger partial charge in [0, 0.05) is 20.0 Å². The van der Waals surface area contributed by atoms with E-state index in [9.17, 15) is 4.79 Å². The smallest absolute Gasteiger partial charge is 0.236 e. The van der Waals surface area contributed by atoms with Crippen LogP contribution in [0.1, 0.15) is 23.7 Å². The molecular formula is C16H19N3O2S. The number of nitrogens with zero attached hydrogens (tertiary/aromatic N) is 3. The van der Waals surface area contributed by atoms with E-state index in [1.165, 1.54) is 5.56 Å². The second-order valence-corrected chi connectivity index (χ2v) is 6.63. The summed E-state index contributed by atoms with van der Waals surface area (Å²) in [6.07, 6.45) is 2.57. The maximum Gasteiger partial charge on any atom is 0.236 e. The third-order valence-electron chi connectivity index (χ3n) is 3.78. The Labute approximate surface area is 134 Å². The molecule has 3 rings (SSSR count). The summed E-state index contributed by atoms with van der Waals surface area (Å²) in [5.41, 5.74) is 1.27. The average Bonchev–Trinajstić information content (AvgIpc) is 3.13. The van der Waals surface area contributed by atoms with Gasteiger partial charge in [-0.2, -0.15) is 4.98 Å². The summed E-state index contributed by atoms with van der Waals surface area (Å²) >= 11 is 1.59. The Morgan fingerprint density at radius 1 is 1.32 bits per heavy atom. The Morgan fingerprint density at radius 2 is 2.14 bits per heavy atom. The van der Waals surface area contributed by atoms with Crippen molar-refractivity contribution >= 4 is 17.7 Å². The molecular weight excluding hydrogens is 298 g/mol. The molecule has 1 amide bonds. The van der Waals surface area contributed by atoms with E-state index in [0.29, 0.717) is 11.6 Å². The largest absolute Gasteiger partial charge is 0.345 e. The standard InChI is InChI=1S/C16H19N3O2S/c1-19-10-9-13(16(19)20)22-11-15-17-14(18-21-15)8-7-12-5-3-2-4-6-12/h2-6,13H,7-11H2,1H3/t13-/m1/s1. The van der Waals surface area contributed by atoms with Gasteiger partial charge in [0.25, 0.3) is 0 Å². The highest BCUT2D eigenvalue weighted by molar-refractivity contribution is 7.99. The summed E-state index contributed by atoms with van der Waals surface area (Å²) in [6.45, 7) is 0.836. The van der Waals surface area contributed by atoms with Crippen molar-refractivity contribution in [1.29, 1.82) is 0 Å². The quantitative estimate of drug-likeness (QED) is 0.818. The van der Waals surface area contributed by atoms with Crippen LogP contribution in [0.3, 0.4) is 0 Å². The summed E-state index contributed by atoms with van der Waals surface area (Å²) in [5, 5.41) is 4.05. The lowest BCUT2D eigenvalue weighted by Crippen LogP contribution is -2.23. The molecule has 2 aromatic rings. The zero-order chi connectivity index (χ0) is 15.4. The van der Waals surface area contributed by atoms with E-state index in [1.807, 2.05) is 25.2 Å². The minimum atomic E-state index is 0.0321. The number of carbonyl (C=O) groups is 1. The number of aryl methyl sites for hydroxylation is 2. The van der Waals surface area contributed by atoms with E-state index in [2.05, 4.69) is 22.3 Å². The Morgan fingerprint density at radius 3 is 2.86 bits per heavy atom. The molecule has 0 radical (unpaired) electrons. The zero-order valence-electron chi connectivity index (χ0n) is 12.6. The fourth-order valence-corrected chi connectivity index (χ4v) is 3.52. The third kappa shape index (κ3) is 3.68. The number of hydrogen-bond donors (Lipinski definition) is 0. The number of amides is 1. The van der Waals surface area contributed by atoms with Gasteiger partial charge < -0.3 is 9.42 Å². The number of benzene rings is 1. The molecule has 1 aliphatic rings. The molecule has 1 aromatic carbocycles. The maximum absolute atomic E-state index is 11.8. The van der Waals surface area contributed by atoms with Crippen LogP contribution in [-0.2, 0) is 23.4 Å². The zero-order valence-corrected chi connectivity index (χ0v) is 13.4. The predicted molar refractivity (Wildman–Crippen MR) is 85.5 cm³/mol. The molecule has 1 aromatic heterocycles. The van der Waals surface area contributed by atoms with Gasteiger partial charge in [-0.25, -0.2) is 0 Å². The summed E-state index contributed by atoms with van der Waals surface area (Å²) in [6, 6.07) is 10.3. The molecule has 6 heteroatoms. The van der Waals surface area contributed by atoms with Crippen LogP contribution in [-0.4, -0.2) is 39.8 Å². The van der Waals surface area contributed by atoms with Crippen molar-refractivity contribution in [3.8, 4) is 0 Å². The van der Waals surface area contributed by atoms with E-state index >= 15 is 0 Å². The van der Waals surface area contributed by atoms with Crippen molar-refractivity contribution in [2.75, 3.05) is 13.6 Å². The van der Waals surface area contributed by atoms with E-state index in [0.717, 1.165) is 31.6 Å². The fraction of sp³-hybridized carbons (Fsp3) is 0.438. The first-order valence-electron chi connectivity index (χ1n) is 7.44. The molecule has 116 valence electrons. The summed E-state index contributed by atoms with van der Waals surface area (Å²) in [4.78, 5) is 18.0. The van der Waals surface area contributed by atoms with Crippen LogP contribution in [0.4, 0.5) is 0 Å².